The van der Waals surface area contributed by atoms with E-state index in [1.54, 1.807) is 0 Å². The summed E-state index contributed by atoms with van der Waals surface area (Å²) in [7, 11) is 0. The summed E-state index contributed by atoms with van der Waals surface area (Å²) < 4.78 is 6.97. The summed E-state index contributed by atoms with van der Waals surface area (Å²) in [6, 6.07) is 64.9. The SMILES string of the molecule is Cc1cc2c3c(c1)N(c1ccc(-c4ccccc4)cc1-c1ccc(C(C)(C)C)c(C(C)(C)C)c1)c1ccc(-c4ccccc4)cc1B3c1cc(-c3ccccc3)ccc1O2. The molecule has 0 bridgehead atoms. The molecule has 0 aromatic heterocycles. The van der Waals surface area contributed by atoms with Crippen molar-refractivity contribution in [2.45, 2.75) is 59.3 Å². The van der Waals surface area contributed by atoms with Crippen LogP contribution in [0.5, 0.6) is 11.5 Å². The van der Waals surface area contributed by atoms with Gasteiger partial charge in [0.1, 0.15) is 11.5 Å². The monoisotopic (exact) mass is 775 g/mol. The van der Waals surface area contributed by atoms with Crippen molar-refractivity contribution < 1.29 is 4.74 Å². The van der Waals surface area contributed by atoms with E-state index in [0.29, 0.717) is 0 Å². The summed E-state index contributed by atoms with van der Waals surface area (Å²) in [6.45, 7) is 16.2. The summed E-state index contributed by atoms with van der Waals surface area (Å²) in [6.07, 6.45) is 0. The number of hydrogen-bond donors (Lipinski definition) is 0. The molecule has 0 amide bonds. The minimum Gasteiger partial charge on any atom is -0.458 e. The molecule has 0 atom stereocenters. The molecule has 292 valence electrons. The van der Waals surface area contributed by atoms with E-state index < -0.39 is 0 Å². The molecule has 0 unspecified atom stereocenters. The first-order valence-electron chi connectivity index (χ1n) is 21.3. The molecule has 3 heteroatoms. The Morgan fingerprint density at radius 1 is 0.400 bits per heavy atom. The molecule has 0 N–H and O–H groups in total. The van der Waals surface area contributed by atoms with Crippen LogP contribution in [0.2, 0.25) is 0 Å². The van der Waals surface area contributed by atoms with Crippen molar-refractivity contribution >= 4 is 40.2 Å². The van der Waals surface area contributed by atoms with Crippen LogP contribution in [0.3, 0.4) is 0 Å². The van der Waals surface area contributed by atoms with Crippen molar-refractivity contribution in [3.63, 3.8) is 0 Å². The van der Waals surface area contributed by atoms with Crippen LogP contribution >= 0.6 is 0 Å². The summed E-state index contributed by atoms with van der Waals surface area (Å²) >= 11 is 0. The summed E-state index contributed by atoms with van der Waals surface area (Å²) in [5.41, 5.74) is 20.6. The highest BCUT2D eigenvalue weighted by atomic mass is 16.5. The molecule has 10 rings (SSSR count). The standard InChI is InChI=1S/C57H50BNO/c1-37-31-52-55-54(32-37)60-53-30-26-43(40-21-15-10-16-22-40)36-49(53)58(55)48-35-42(39-19-13-9-14-20-39)25-29-51(48)59(52)50-28-24-41(38-17-11-8-12-18-38)33-45(50)44-23-27-46(56(2,3)4)47(34-44)57(5,6)7/h8-36H,1-7H3. The van der Waals surface area contributed by atoms with Gasteiger partial charge in [0.05, 0.1) is 5.69 Å². The van der Waals surface area contributed by atoms with Crippen LogP contribution in [0, 0.1) is 6.92 Å². The Labute approximate surface area is 356 Å². The summed E-state index contributed by atoms with van der Waals surface area (Å²) in [5.74, 6) is 1.83. The highest BCUT2D eigenvalue weighted by molar-refractivity contribution is 6.99. The van der Waals surface area contributed by atoms with Crippen molar-refractivity contribution in [3.05, 3.63) is 193 Å². The molecular formula is C57H50BNO. The van der Waals surface area contributed by atoms with E-state index in [9.17, 15) is 0 Å². The normalized spacial score (nSPS) is 13.0. The van der Waals surface area contributed by atoms with E-state index in [-0.39, 0.29) is 17.5 Å². The molecule has 0 saturated heterocycles. The largest absolute Gasteiger partial charge is 0.458 e. The van der Waals surface area contributed by atoms with Gasteiger partial charge in [-0.1, -0.05) is 181 Å². The third-order valence-corrected chi connectivity index (χ3v) is 12.4. The number of hydrogen-bond acceptors (Lipinski definition) is 2. The molecule has 0 fully saturated rings. The van der Waals surface area contributed by atoms with Gasteiger partial charge in [0.2, 0.25) is 0 Å². The maximum absolute atomic E-state index is 6.97. The van der Waals surface area contributed by atoms with E-state index in [1.807, 2.05) is 0 Å². The maximum Gasteiger partial charge on any atom is 0.256 e. The molecule has 0 saturated carbocycles. The van der Waals surface area contributed by atoms with Crippen LogP contribution in [0.4, 0.5) is 17.1 Å². The second-order valence-corrected chi connectivity index (χ2v) is 18.7. The highest BCUT2D eigenvalue weighted by Crippen LogP contribution is 2.48. The molecule has 60 heavy (non-hydrogen) atoms. The lowest BCUT2D eigenvalue weighted by atomic mass is 9.34. The Hall–Kier alpha value is -6.58. The van der Waals surface area contributed by atoms with Crippen LogP contribution in [0.15, 0.2) is 176 Å². The topological polar surface area (TPSA) is 12.5 Å². The molecule has 8 aromatic rings. The van der Waals surface area contributed by atoms with Gasteiger partial charge in [-0.3, -0.25) is 0 Å². The van der Waals surface area contributed by atoms with Crippen molar-refractivity contribution in [2.75, 3.05) is 4.90 Å². The Morgan fingerprint density at radius 3 is 1.50 bits per heavy atom. The predicted molar refractivity (Wildman–Crippen MR) is 256 cm³/mol. The van der Waals surface area contributed by atoms with Crippen LogP contribution < -0.4 is 26.0 Å². The van der Waals surface area contributed by atoms with Crippen molar-refractivity contribution in [1.29, 1.82) is 0 Å². The predicted octanol–water partition coefficient (Wildman–Crippen LogP) is 13.7. The molecule has 2 nitrogen and oxygen atoms in total. The fraction of sp³-hybridized carbons (Fsp3) is 0.158. The fourth-order valence-electron chi connectivity index (χ4n) is 9.53. The third-order valence-electron chi connectivity index (χ3n) is 12.4. The fourth-order valence-corrected chi connectivity index (χ4v) is 9.53. The number of ether oxygens (including phenoxy) is 1. The molecule has 0 spiro atoms. The van der Waals surface area contributed by atoms with E-state index in [0.717, 1.165) is 28.4 Å². The van der Waals surface area contributed by atoms with Gasteiger partial charge in [-0.2, -0.15) is 0 Å². The number of nitrogens with zero attached hydrogens (tertiary/aromatic N) is 1. The van der Waals surface area contributed by atoms with Crippen molar-refractivity contribution in [1.82, 2.24) is 0 Å². The van der Waals surface area contributed by atoms with Gasteiger partial charge in [0, 0.05) is 16.9 Å². The third kappa shape index (κ3) is 6.54. The summed E-state index contributed by atoms with van der Waals surface area (Å²) in [4.78, 5) is 2.53. The molecule has 2 aliphatic rings. The lowest BCUT2D eigenvalue weighted by molar-refractivity contribution is 0.487. The smallest absolute Gasteiger partial charge is 0.256 e. The van der Waals surface area contributed by atoms with E-state index in [1.165, 1.54) is 77.7 Å². The first-order chi connectivity index (χ1) is 28.9. The number of fused-ring (bicyclic) bond motifs is 4. The van der Waals surface area contributed by atoms with Gasteiger partial charge in [-0.05, 0) is 126 Å². The van der Waals surface area contributed by atoms with Crippen LogP contribution in [-0.4, -0.2) is 6.71 Å². The average molecular weight is 776 g/mol. The Bertz CT molecular complexity index is 2920. The van der Waals surface area contributed by atoms with Crippen molar-refractivity contribution in [2.24, 2.45) is 0 Å². The quantitative estimate of drug-likeness (QED) is 0.161. The Kier molecular flexibility index (Phi) is 8.99. The first-order valence-corrected chi connectivity index (χ1v) is 21.3. The Balaban J connectivity index is 1.26. The van der Waals surface area contributed by atoms with Gasteiger partial charge >= 0.3 is 0 Å². The summed E-state index contributed by atoms with van der Waals surface area (Å²) in [5, 5.41) is 0. The number of aryl methyl sites for hydroxylation is 1. The number of anilines is 3. The average Bonchev–Trinajstić information content (AvgIpc) is 3.26. The molecule has 2 aliphatic heterocycles. The van der Waals surface area contributed by atoms with Crippen LogP contribution in [0.1, 0.15) is 58.2 Å². The van der Waals surface area contributed by atoms with E-state index in [2.05, 4.69) is 229 Å². The van der Waals surface area contributed by atoms with Gasteiger partial charge in [0.25, 0.3) is 6.71 Å². The zero-order valence-corrected chi connectivity index (χ0v) is 35.7. The maximum atomic E-state index is 6.97. The second-order valence-electron chi connectivity index (χ2n) is 18.7. The Morgan fingerprint density at radius 2 is 0.917 bits per heavy atom. The zero-order valence-electron chi connectivity index (χ0n) is 35.7. The number of benzene rings is 8. The van der Waals surface area contributed by atoms with Gasteiger partial charge in [0.15, 0.2) is 0 Å². The van der Waals surface area contributed by atoms with E-state index in [4.69, 9.17) is 4.74 Å². The minimum absolute atomic E-state index is 0.00440. The lowest BCUT2D eigenvalue weighted by Gasteiger charge is -2.41. The van der Waals surface area contributed by atoms with Crippen LogP contribution in [-0.2, 0) is 10.8 Å². The van der Waals surface area contributed by atoms with Gasteiger partial charge in [-0.15, -0.1) is 0 Å². The molecule has 8 aromatic carbocycles. The minimum atomic E-state index is -0.0481. The second kappa shape index (κ2) is 14.3. The van der Waals surface area contributed by atoms with Crippen molar-refractivity contribution in [3.8, 4) is 56.0 Å². The molecule has 0 radical (unpaired) electrons. The van der Waals surface area contributed by atoms with Crippen LogP contribution in [0.25, 0.3) is 44.5 Å². The highest BCUT2D eigenvalue weighted by Gasteiger charge is 2.43. The first kappa shape index (κ1) is 37.7. The molecule has 2 heterocycles. The van der Waals surface area contributed by atoms with Gasteiger partial charge in [-0.25, -0.2) is 0 Å². The van der Waals surface area contributed by atoms with E-state index >= 15 is 0 Å². The molecule has 0 aliphatic carbocycles. The molecular weight excluding hydrogens is 725 g/mol. The van der Waals surface area contributed by atoms with Gasteiger partial charge < -0.3 is 9.64 Å². The zero-order chi connectivity index (χ0) is 41.3. The number of rotatable bonds is 5. The lowest BCUT2D eigenvalue weighted by Crippen LogP contribution is -2.59.